The molecule has 2 aromatic carbocycles. The molecule has 0 aliphatic rings. The normalized spacial score (nSPS) is 11.8. The molecule has 0 atom stereocenters. The monoisotopic (exact) mass is 498 g/mol. The largest absolute Gasteiger partial charge is 0.491 e. The van der Waals surface area contributed by atoms with Crippen LogP contribution in [0.25, 0.3) is 6.08 Å². The van der Waals surface area contributed by atoms with Crippen LogP contribution in [0, 0.1) is 0 Å². The molecule has 0 heterocycles. The van der Waals surface area contributed by atoms with Crippen molar-refractivity contribution in [1.82, 2.24) is 0 Å². The van der Waals surface area contributed by atoms with Crippen molar-refractivity contribution in [3.8, 4) is 28.7 Å². The molecule has 0 aliphatic heterocycles. The molecular formula is C30H42O6. The van der Waals surface area contributed by atoms with Crippen molar-refractivity contribution in [3.05, 3.63) is 47.5 Å². The lowest BCUT2D eigenvalue weighted by molar-refractivity contribution is 0.103. The summed E-state index contributed by atoms with van der Waals surface area (Å²) in [6.07, 6.45) is 2.95. The summed E-state index contributed by atoms with van der Waals surface area (Å²) in [5, 5.41) is 0. The Hall–Kier alpha value is -3.15. The van der Waals surface area contributed by atoms with E-state index >= 15 is 0 Å². The van der Waals surface area contributed by atoms with Crippen molar-refractivity contribution in [2.24, 2.45) is 0 Å². The van der Waals surface area contributed by atoms with Crippen LogP contribution in [0.3, 0.4) is 0 Å². The van der Waals surface area contributed by atoms with Gasteiger partial charge in [0.25, 0.3) is 0 Å². The lowest BCUT2D eigenvalue weighted by Gasteiger charge is -2.21. The number of hydrogen-bond donors (Lipinski definition) is 0. The van der Waals surface area contributed by atoms with E-state index in [9.17, 15) is 4.79 Å². The second-order valence-corrected chi connectivity index (χ2v) is 10.0. The molecule has 2 rings (SSSR count). The molecule has 6 heteroatoms. The first-order chi connectivity index (χ1) is 16.8. The fourth-order valence-corrected chi connectivity index (χ4v) is 3.42. The number of hydrogen-bond acceptors (Lipinski definition) is 6. The number of carbonyl (C=O) groups is 1. The molecule has 0 aromatic heterocycles. The van der Waals surface area contributed by atoms with Crippen LogP contribution in [0.1, 0.15) is 85.2 Å². The van der Waals surface area contributed by atoms with Crippen molar-refractivity contribution < 1.29 is 28.5 Å². The van der Waals surface area contributed by atoms with Crippen molar-refractivity contribution in [3.63, 3.8) is 0 Å². The van der Waals surface area contributed by atoms with Crippen LogP contribution in [0.2, 0.25) is 0 Å². The molecule has 0 aliphatic carbocycles. The zero-order valence-electron chi connectivity index (χ0n) is 23.4. The Morgan fingerprint density at radius 2 is 1.14 bits per heavy atom. The third kappa shape index (κ3) is 9.14. The van der Waals surface area contributed by atoms with Gasteiger partial charge in [-0.3, -0.25) is 4.79 Å². The van der Waals surface area contributed by atoms with Gasteiger partial charge >= 0.3 is 0 Å². The summed E-state index contributed by atoms with van der Waals surface area (Å²) >= 11 is 0. The lowest BCUT2D eigenvalue weighted by Crippen LogP contribution is -2.15. The van der Waals surface area contributed by atoms with Crippen LogP contribution in [0.5, 0.6) is 28.7 Å². The Bertz CT molecular complexity index is 1030. The van der Waals surface area contributed by atoms with Crippen LogP contribution < -0.4 is 23.7 Å². The number of benzene rings is 2. The molecule has 0 unspecified atom stereocenters. The smallest absolute Gasteiger partial charge is 0.189 e. The molecule has 0 spiro atoms. The van der Waals surface area contributed by atoms with Gasteiger partial charge in [-0.1, -0.05) is 0 Å². The molecule has 198 valence electrons. The maximum atomic E-state index is 13.5. The molecule has 36 heavy (non-hydrogen) atoms. The van der Waals surface area contributed by atoms with E-state index in [0.717, 1.165) is 5.56 Å². The first kappa shape index (κ1) is 29.1. The predicted molar refractivity (Wildman–Crippen MR) is 145 cm³/mol. The van der Waals surface area contributed by atoms with Gasteiger partial charge in [0.15, 0.2) is 17.3 Å². The second kappa shape index (κ2) is 13.2. The zero-order valence-corrected chi connectivity index (χ0v) is 23.4. The molecule has 0 bridgehead atoms. The van der Waals surface area contributed by atoms with Gasteiger partial charge in [0.1, 0.15) is 17.2 Å². The Kier molecular flexibility index (Phi) is 10.7. The standard InChI is InChI=1S/C30H42O6/c1-18(2)32-24-12-14-28(34-20(5)6)23(15-24)11-13-27(31)26-16-25(33-19(3)4)17-29(35-21(7)8)30(26)36-22(9)10/h11-22H,1-10H3. The lowest BCUT2D eigenvalue weighted by atomic mass is 10.1. The average molecular weight is 499 g/mol. The minimum absolute atomic E-state index is 0.0173. The van der Waals surface area contributed by atoms with Gasteiger partial charge in [0, 0.05) is 11.6 Å². The maximum Gasteiger partial charge on any atom is 0.189 e. The molecule has 0 saturated carbocycles. The Labute approximate surface area is 216 Å². The van der Waals surface area contributed by atoms with Crippen LogP contribution in [-0.2, 0) is 0 Å². The van der Waals surface area contributed by atoms with E-state index in [0.29, 0.717) is 34.3 Å². The summed E-state index contributed by atoms with van der Waals surface area (Å²) in [7, 11) is 0. The fourth-order valence-electron chi connectivity index (χ4n) is 3.42. The first-order valence-corrected chi connectivity index (χ1v) is 12.7. The highest BCUT2D eigenvalue weighted by atomic mass is 16.5. The molecule has 6 nitrogen and oxygen atoms in total. The Morgan fingerprint density at radius 3 is 1.69 bits per heavy atom. The molecule has 2 aromatic rings. The first-order valence-electron chi connectivity index (χ1n) is 12.7. The predicted octanol–water partition coefficient (Wildman–Crippen LogP) is 7.52. The number of allylic oxidation sites excluding steroid dienone is 1. The Morgan fingerprint density at radius 1 is 0.611 bits per heavy atom. The second-order valence-electron chi connectivity index (χ2n) is 10.0. The van der Waals surface area contributed by atoms with Crippen LogP contribution in [0.4, 0.5) is 0 Å². The molecule has 0 amide bonds. The molecule has 0 saturated heterocycles. The molecule has 0 fully saturated rings. The van der Waals surface area contributed by atoms with Crippen LogP contribution >= 0.6 is 0 Å². The van der Waals surface area contributed by atoms with Crippen LogP contribution in [-0.4, -0.2) is 36.3 Å². The minimum Gasteiger partial charge on any atom is -0.491 e. The molecule has 0 N–H and O–H groups in total. The SMILES string of the molecule is CC(C)Oc1ccc(OC(C)C)c(C=CC(=O)c2cc(OC(C)C)cc(OC(C)C)c2OC(C)C)c1. The number of carbonyl (C=O) groups excluding carboxylic acids is 1. The molecule has 0 radical (unpaired) electrons. The van der Waals surface area contributed by atoms with Crippen molar-refractivity contribution in [2.75, 3.05) is 0 Å². The van der Waals surface area contributed by atoms with Gasteiger partial charge in [-0.25, -0.2) is 0 Å². The highest BCUT2D eigenvalue weighted by Gasteiger charge is 2.21. The minimum atomic E-state index is -0.237. The average Bonchev–Trinajstić information content (AvgIpc) is 2.73. The summed E-state index contributed by atoms with van der Waals surface area (Å²) in [6.45, 7) is 19.4. The van der Waals surface area contributed by atoms with Gasteiger partial charge in [-0.15, -0.1) is 0 Å². The van der Waals surface area contributed by atoms with Gasteiger partial charge in [-0.2, -0.15) is 0 Å². The van der Waals surface area contributed by atoms with Gasteiger partial charge in [-0.05, 0) is 106 Å². The quantitative estimate of drug-likeness (QED) is 0.210. The van der Waals surface area contributed by atoms with Gasteiger partial charge < -0.3 is 23.7 Å². The van der Waals surface area contributed by atoms with E-state index in [-0.39, 0.29) is 36.3 Å². The van der Waals surface area contributed by atoms with E-state index < -0.39 is 0 Å². The zero-order chi connectivity index (χ0) is 27.0. The summed E-state index contributed by atoms with van der Waals surface area (Å²) in [4.78, 5) is 13.5. The van der Waals surface area contributed by atoms with E-state index in [1.54, 1.807) is 18.2 Å². The van der Waals surface area contributed by atoms with E-state index in [2.05, 4.69) is 0 Å². The summed E-state index contributed by atoms with van der Waals surface area (Å²) in [5.74, 6) is 2.56. The summed E-state index contributed by atoms with van der Waals surface area (Å²) < 4.78 is 29.8. The van der Waals surface area contributed by atoms with E-state index in [1.165, 1.54) is 6.08 Å². The van der Waals surface area contributed by atoms with Crippen LogP contribution in [0.15, 0.2) is 36.4 Å². The highest BCUT2D eigenvalue weighted by Crippen LogP contribution is 2.38. The van der Waals surface area contributed by atoms with Crippen molar-refractivity contribution in [1.29, 1.82) is 0 Å². The van der Waals surface area contributed by atoms with Crippen molar-refractivity contribution in [2.45, 2.75) is 99.8 Å². The third-order valence-electron chi connectivity index (χ3n) is 4.51. The topological polar surface area (TPSA) is 63.2 Å². The third-order valence-corrected chi connectivity index (χ3v) is 4.51. The highest BCUT2D eigenvalue weighted by molar-refractivity contribution is 6.09. The van der Waals surface area contributed by atoms with Gasteiger partial charge in [0.2, 0.25) is 0 Å². The molecular weight excluding hydrogens is 456 g/mol. The number of rotatable bonds is 13. The summed E-state index contributed by atoms with van der Waals surface area (Å²) in [5.41, 5.74) is 1.12. The Balaban J connectivity index is 2.56. The maximum absolute atomic E-state index is 13.5. The number of ether oxygens (including phenoxy) is 5. The summed E-state index contributed by atoms with van der Waals surface area (Å²) in [6, 6.07) is 9.09. The van der Waals surface area contributed by atoms with Crippen molar-refractivity contribution >= 4 is 11.9 Å². The van der Waals surface area contributed by atoms with E-state index in [4.69, 9.17) is 23.7 Å². The number of ketones is 1. The van der Waals surface area contributed by atoms with E-state index in [1.807, 2.05) is 87.4 Å². The fraction of sp³-hybridized carbons (Fsp3) is 0.500. The van der Waals surface area contributed by atoms with Gasteiger partial charge in [0.05, 0.1) is 36.1 Å².